The third kappa shape index (κ3) is 2.09. The van der Waals surface area contributed by atoms with Crippen molar-refractivity contribution in [3.63, 3.8) is 0 Å². The topological polar surface area (TPSA) is 30.5 Å². The van der Waals surface area contributed by atoms with Gasteiger partial charge in [-0.25, -0.2) is 0 Å². The van der Waals surface area contributed by atoms with E-state index in [4.69, 9.17) is 9.47 Å². The molecule has 4 rings (SSSR count). The van der Waals surface area contributed by atoms with Crippen LogP contribution in [0.25, 0.3) is 0 Å². The van der Waals surface area contributed by atoms with Crippen molar-refractivity contribution in [1.29, 1.82) is 0 Å². The van der Waals surface area contributed by atoms with E-state index < -0.39 is 0 Å². The molecule has 0 radical (unpaired) electrons. The predicted molar refractivity (Wildman–Crippen MR) is 84.0 cm³/mol. The summed E-state index contributed by atoms with van der Waals surface area (Å²) in [7, 11) is 3.42. The van der Waals surface area contributed by atoms with E-state index in [-0.39, 0.29) is 0 Å². The summed E-state index contributed by atoms with van der Waals surface area (Å²) in [5.74, 6) is 5.64. The Balaban J connectivity index is 1.52. The number of methoxy groups -OCH3 is 2. The maximum Gasteiger partial charge on any atom is 0.145 e. The van der Waals surface area contributed by atoms with Crippen LogP contribution in [0.2, 0.25) is 0 Å². The van der Waals surface area contributed by atoms with Crippen LogP contribution in [0, 0.1) is 23.7 Å². The number of ether oxygens (including phenoxy) is 2. The highest BCUT2D eigenvalue weighted by atomic mass is 16.5. The van der Waals surface area contributed by atoms with Crippen LogP contribution >= 0.6 is 0 Å². The van der Waals surface area contributed by atoms with Crippen LogP contribution in [0.5, 0.6) is 11.5 Å². The molecular formula is C18H25NO2. The molecule has 1 aromatic carbocycles. The predicted octanol–water partition coefficient (Wildman–Crippen LogP) is 3.94. The molecule has 3 aliphatic rings. The summed E-state index contributed by atoms with van der Waals surface area (Å²) in [5.41, 5.74) is 1.12. The maximum absolute atomic E-state index is 5.52. The standard InChI is InChI=1S/C18H25NO2/c1-20-12-6-7-16(18(10-12)21-2)19-17-9-11-8-15(17)14-5-3-4-13(11)14/h6-7,10-11,13-15,17,19H,3-5,8-9H2,1-2H3. The van der Waals surface area contributed by atoms with E-state index in [1.165, 1.54) is 32.1 Å². The number of rotatable bonds is 4. The van der Waals surface area contributed by atoms with Crippen molar-refractivity contribution in [2.45, 2.75) is 38.1 Å². The summed E-state index contributed by atoms with van der Waals surface area (Å²) in [6.07, 6.45) is 7.21. The van der Waals surface area contributed by atoms with Crippen molar-refractivity contribution in [3.8, 4) is 11.5 Å². The highest BCUT2D eigenvalue weighted by Crippen LogP contribution is 2.59. The third-order valence-corrected chi connectivity index (χ3v) is 6.18. The van der Waals surface area contributed by atoms with Crippen LogP contribution in [0.4, 0.5) is 5.69 Å². The molecule has 2 bridgehead atoms. The van der Waals surface area contributed by atoms with Gasteiger partial charge >= 0.3 is 0 Å². The van der Waals surface area contributed by atoms with Crippen molar-refractivity contribution in [1.82, 2.24) is 0 Å². The Morgan fingerprint density at radius 2 is 1.86 bits per heavy atom. The van der Waals surface area contributed by atoms with Crippen LogP contribution in [0.3, 0.4) is 0 Å². The fraction of sp³-hybridized carbons (Fsp3) is 0.667. The Morgan fingerprint density at radius 3 is 2.67 bits per heavy atom. The Kier molecular flexibility index (Phi) is 3.24. The lowest BCUT2D eigenvalue weighted by atomic mass is 9.79. The molecule has 114 valence electrons. The van der Waals surface area contributed by atoms with Gasteiger partial charge in [-0.1, -0.05) is 6.42 Å². The highest BCUT2D eigenvalue weighted by molar-refractivity contribution is 5.60. The lowest BCUT2D eigenvalue weighted by Crippen LogP contribution is -2.33. The Hall–Kier alpha value is -1.38. The second-order valence-electron chi connectivity index (χ2n) is 6.97. The molecule has 1 aromatic rings. The Morgan fingerprint density at radius 1 is 1.00 bits per heavy atom. The van der Waals surface area contributed by atoms with Crippen LogP contribution in [0.15, 0.2) is 18.2 Å². The van der Waals surface area contributed by atoms with E-state index in [1.54, 1.807) is 14.2 Å². The Labute approximate surface area is 127 Å². The number of hydrogen-bond donors (Lipinski definition) is 1. The molecule has 1 N–H and O–H groups in total. The van der Waals surface area contributed by atoms with Gasteiger partial charge in [-0.3, -0.25) is 0 Å². The van der Waals surface area contributed by atoms with Crippen LogP contribution in [-0.4, -0.2) is 20.3 Å². The van der Waals surface area contributed by atoms with E-state index in [0.29, 0.717) is 6.04 Å². The average molecular weight is 287 g/mol. The molecule has 0 heterocycles. The fourth-order valence-corrected chi connectivity index (χ4v) is 5.35. The SMILES string of the molecule is COc1ccc(NC2CC3CC2C2CCCC32)c(OC)c1. The molecule has 5 atom stereocenters. The van der Waals surface area contributed by atoms with Gasteiger partial charge in [-0.2, -0.15) is 0 Å². The van der Waals surface area contributed by atoms with Crippen LogP contribution in [0.1, 0.15) is 32.1 Å². The summed E-state index contributed by atoms with van der Waals surface area (Å²) in [6.45, 7) is 0. The van der Waals surface area contributed by atoms with E-state index in [0.717, 1.165) is 40.9 Å². The van der Waals surface area contributed by atoms with Gasteiger partial charge in [0, 0.05) is 12.1 Å². The van der Waals surface area contributed by atoms with E-state index >= 15 is 0 Å². The molecule has 3 aliphatic carbocycles. The molecule has 0 aromatic heterocycles. The average Bonchev–Trinajstić information content (AvgIpc) is 3.20. The van der Waals surface area contributed by atoms with Gasteiger partial charge in [0.25, 0.3) is 0 Å². The first-order valence-corrected chi connectivity index (χ1v) is 8.28. The molecule has 0 amide bonds. The summed E-state index contributed by atoms with van der Waals surface area (Å²) in [4.78, 5) is 0. The van der Waals surface area contributed by atoms with Crippen LogP contribution < -0.4 is 14.8 Å². The summed E-state index contributed by atoms with van der Waals surface area (Å²) < 4.78 is 10.8. The summed E-state index contributed by atoms with van der Waals surface area (Å²) in [5, 5.41) is 3.78. The number of benzene rings is 1. The molecule has 3 fully saturated rings. The summed E-state index contributed by atoms with van der Waals surface area (Å²) >= 11 is 0. The van der Waals surface area contributed by atoms with Gasteiger partial charge < -0.3 is 14.8 Å². The van der Waals surface area contributed by atoms with Gasteiger partial charge in [-0.05, 0) is 61.5 Å². The number of hydrogen-bond acceptors (Lipinski definition) is 3. The van der Waals surface area contributed by atoms with Crippen molar-refractivity contribution in [3.05, 3.63) is 18.2 Å². The van der Waals surface area contributed by atoms with Crippen molar-refractivity contribution in [2.75, 3.05) is 19.5 Å². The molecule has 21 heavy (non-hydrogen) atoms. The molecule has 0 aliphatic heterocycles. The minimum absolute atomic E-state index is 0.636. The monoisotopic (exact) mass is 287 g/mol. The molecule has 5 unspecified atom stereocenters. The van der Waals surface area contributed by atoms with Crippen LogP contribution in [-0.2, 0) is 0 Å². The number of anilines is 1. The Bertz CT molecular complexity index is 530. The quantitative estimate of drug-likeness (QED) is 0.910. The largest absolute Gasteiger partial charge is 0.497 e. The second kappa shape index (κ2) is 5.11. The van der Waals surface area contributed by atoms with Gasteiger partial charge in [0.15, 0.2) is 0 Å². The van der Waals surface area contributed by atoms with Crippen molar-refractivity contribution < 1.29 is 9.47 Å². The zero-order chi connectivity index (χ0) is 14.4. The molecule has 0 saturated heterocycles. The van der Waals surface area contributed by atoms with Gasteiger partial charge in [0.05, 0.1) is 19.9 Å². The lowest BCUT2D eigenvalue weighted by Gasteiger charge is -2.33. The van der Waals surface area contributed by atoms with Crippen molar-refractivity contribution >= 4 is 5.69 Å². The third-order valence-electron chi connectivity index (χ3n) is 6.18. The maximum atomic E-state index is 5.52. The number of nitrogens with one attached hydrogen (secondary N) is 1. The van der Waals surface area contributed by atoms with E-state index in [2.05, 4.69) is 11.4 Å². The minimum atomic E-state index is 0.636. The van der Waals surface area contributed by atoms with Gasteiger partial charge in [0.2, 0.25) is 0 Å². The molecule has 3 nitrogen and oxygen atoms in total. The zero-order valence-corrected chi connectivity index (χ0v) is 13.0. The van der Waals surface area contributed by atoms with Gasteiger partial charge in [0.1, 0.15) is 11.5 Å². The first-order chi connectivity index (χ1) is 10.3. The van der Waals surface area contributed by atoms with Crippen molar-refractivity contribution in [2.24, 2.45) is 23.7 Å². The first kappa shape index (κ1) is 13.3. The van der Waals surface area contributed by atoms with E-state index in [9.17, 15) is 0 Å². The normalized spacial score (nSPS) is 36.6. The summed E-state index contributed by atoms with van der Waals surface area (Å²) in [6, 6.07) is 6.71. The minimum Gasteiger partial charge on any atom is -0.497 e. The first-order valence-electron chi connectivity index (χ1n) is 8.28. The number of fused-ring (bicyclic) bond motifs is 5. The molecule has 3 heteroatoms. The molecule has 0 spiro atoms. The van der Waals surface area contributed by atoms with E-state index in [1.807, 2.05) is 12.1 Å². The molecular weight excluding hydrogens is 262 g/mol. The fourth-order valence-electron chi connectivity index (χ4n) is 5.35. The van der Waals surface area contributed by atoms with Gasteiger partial charge in [-0.15, -0.1) is 0 Å². The smallest absolute Gasteiger partial charge is 0.145 e. The zero-order valence-electron chi connectivity index (χ0n) is 13.0. The molecule has 3 saturated carbocycles. The lowest BCUT2D eigenvalue weighted by molar-refractivity contribution is 0.243. The highest BCUT2D eigenvalue weighted by Gasteiger charge is 2.53. The second-order valence-corrected chi connectivity index (χ2v) is 6.97.